The number of benzene rings is 2. The molecular formula is C18H19BrN2O2S. The van der Waals surface area contributed by atoms with E-state index < -0.39 is 0 Å². The van der Waals surface area contributed by atoms with Gasteiger partial charge in [0.2, 0.25) is 0 Å². The molecule has 0 atom stereocenters. The number of carbonyl (C=O) groups is 1. The van der Waals surface area contributed by atoms with Gasteiger partial charge in [0.25, 0.3) is 5.91 Å². The minimum absolute atomic E-state index is 0.0104. The first-order valence-corrected chi connectivity index (χ1v) is 8.58. The summed E-state index contributed by atoms with van der Waals surface area (Å²) in [6, 6.07) is 11.9. The molecule has 0 aliphatic rings. The minimum atomic E-state index is -0.285. The van der Waals surface area contributed by atoms with Crippen molar-refractivity contribution in [3.63, 3.8) is 0 Å². The molecule has 2 aromatic rings. The highest BCUT2D eigenvalue weighted by Gasteiger charge is 2.18. The van der Waals surface area contributed by atoms with Crippen LogP contribution in [0.1, 0.15) is 36.7 Å². The van der Waals surface area contributed by atoms with Gasteiger partial charge in [-0.1, -0.05) is 42.8 Å². The normalized spacial score (nSPS) is 11.0. The average molecular weight is 407 g/mol. The maximum Gasteiger partial charge on any atom is 0.257 e. The SMILES string of the molecule is CC(C)(C)c1ccc(C(=O)NC(=S)Nc2ccc(O)cc2)cc1Br. The summed E-state index contributed by atoms with van der Waals surface area (Å²) in [5, 5.41) is 15.0. The topological polar surface area (TPSA) is 61.4 Å². The predicted molar refractivity (Wildman–Crippen MR) is 105 cm³/mol. The molecule has 2 rings (SSSR count). The Balaban J connectivity index is 2.05. The van der Waals surface area contributed by atoms with Crippen molar-refractivity contribution in [2.45, 2.75) is 26.2 Å². The zero-order valence-corrected chi connectivity index (χ0v) is 16.1. The van der Waals surface area contributed by atoms with Crippen molar-refractivity contribution in [2.24, 2.45) is 0 Å². The van der Waals surface area contributed by atoms with Gasteiger partial charge in [0.15, 0.2) is 5.11 Å². The molecule has 2 aromatic carbocycles. The van der Waals surface area contributed by atoms with E-state index in [0.29, 0.717) is 11.3 Å². The highest BCUT2D eigenvalue weighted by atomic mass is 79.9. The second kappa shape index (κ2) is 7.32. The van der Waals surface area contributed by atoms with Crippen LogP contribution in [0.5, 0.6) is 5.75 Å². The molecule has 1 amide bonds. The van der Waals surface area contributed by atoms with E-state index in [1.807, 2.05) is 6.07 Å². The third kappa shape index (κ3) is 4.79. The van der Waals surface area contributed by atoms with Crippen molar-refractivity contribution in [3.8, 4) is 5.75 Å². The predicted octanol–water partition coefficient (Wildman–Crippen LogP) is 4.58. The second-order valence-corrected chi connectivity index (χ2v) is 7.66. The minimum Gasteiger partial charge on any atom is -0.508 e. The van der Waals surface area contributed by atoms with Gasteiger partial charge in [-0.25, -0.2) is 0 Å². The molecule has 4 nitrogen and oxygen atoms in total. The number of anilines is 1. The Kier molecular flexibility index (Phi) is 5.62. The molecule has 0 aliphatic carbocycles. The third-order valence-electron chi connectivity index (χ3n) is 3.39. The second-order valence-electron chi connectivity index (χ2n) is 6.40. The highest BCUT2D eigenvalue weighted by molar-refractivity contribution is 9.10. The highest BCUT2D eigenvalue weighted by Crippen LogP contribution is 2.30. The van der Waals surface area contributed by atoms with Crippen molar-refractivity contribution in [3.05, 3.63) is 58.1 Å². The maximum absolute atomic E-state index is 12.3. The number of phenolic OH excluding ortho intramolecular Hbond substituents is 1. The Hall–Kier alpha value is -1.92. The number of thiocarbonyl (C=S) groups is 1. The van der Waals surface area contributed by atoms with Crippen LogP contribution in [0.25, 0.3) is 0 Å². The van der Waals surface area contributed by atoms with Crippen molar-refractivity contribution in [2.75, 3.05) is 5.32 Å². The van der Waals surface area contributed by atoms with Gasteiger partial charge in [-0.15, -0.1) is 0 Å². The van der Waals surface area contributed by atoms with E-state index in [2.05, 4.69) is 47.3 Å². The van der Waals surface area contributed by atoms with Crippen LogP contribution >= 0.6 is 28.1 Å². The smallest absolute Gasteiger partial charge is 0.257 e. The summed E-state index contributed by atoms with van der Waals surface area (Å²) in [6.45, 7) is 6.34. The lowest BCUT2D eigenvalue weighted by molar-refractivity contribution is 0.0977. The molecule has 24 heavy (non-hydrogen) atoms. The van der Waals surface area contributed by atoms with Crippen molar-refractivity contribution < 1.29 is 9.90 Å². The first-order chi connectivity index (χ1) is 11.2. The quantitative estimate of drug-likeness (QED) is 0.504. The summed E-state index contributed by atoms with van der Waals surface area (Å²) in [5.74, 6) is -0.119. The number of hydrogen-bond acceptors (Lipinski definition) is 3. The molecule has 3 N–H and O–H groups in total. The van der Waals surface area contributed by atoms with E-state index in [4.69, 9.17) is 12.2 Å². The fourth-order valence-corrected chi connectivity index (χ4v) is 3.33. The molecule has 0 spiro atoms. The van der Waals surface area contributed by atoms with Crippen molar-refractivity contribution in [1.29, 1.82) is 0 Å². The van der Waals surface area contributed by atoms with Crippen LogP contribution in [0.15, 0.2) is 46.9 Å². The lowest BCUT2D eigenvalue weighted by Gasteiger charge is -2.21. The monoisotopic (exact) mass is 406 g/mol. The maximum atomic E-state index is 12.3. The van der Waals surface area contributed by atoms with E-state index >= 15 is 0 Å². The number of hydrogen-bond donors (Lipinski definition) is 3. The van der Waals surface area contributed by atoms with E-state index in [-0.39, 0.29) is 22.2 Å². The molecule has 0 saturated heterocycles. The Morgan fingerprint density at radius 2 is 1.75 bits per heavy atom. The summed E-state index contributed by atoms with van der Waals surface area (Å²) in [5.41, 5.74) is 2.32. The van der Waals surface area contributed by atoms with Crippen LogP contribution in [0, 0.1) is 0 Å². The van der Waals surface area contributed by atoms with Crippen LogP contribution in [-0.2, 0) is 5.41 Å². The average Bonchev–Trinajstić information content (AvgIpc) is 2.48. The van der Waals surface area contributed by atoms with Crippen molar-refractivity contribution >= 4 is 44.9 Å². The van der Waals surface area contributed by atoms with Gasteiger partial charge in [0.05, 0.1) is 0 Å². The van der Waals surface area contributed by atoms with Gasteiger partial charge in [-0.2, -0.15) is 0 Å². The number of nitrogens with one attached hydrogen (secondary N) is 2. The Bertz CT molecular complexity index is 768. The van der Waals surface area contributed by atoms with E-state index in [0.717, 1.165) is 10.0 Å². The molecule has 126 valence electrons. The largest absolute Gasteiger partial charge is 0.508 e. The van der Waals surface area contributed by atoms with E-state index in [1.165, 1.54) is 12.1 Å². The van der Waals surface area contributed by atoms with Crippen LogP contribution in [0.4, 0.5) is 5.69 Å². The summed E-state index contributed by atoms with van der Waals surface area (Å²) >= 11 is 8.67. The van der Waals surface area contributed by atoms with E-state index in [1.54, 1.807) is 24.3 Å². The molecular weight excluding hydrogens is 388 g/mol. The van der Waals surface area contributed by atoms with Crippen LogP contribution < -0.4 is 10.6 Å². The summed E-state index contributed by atoms with van der Waals surface area (Å²) in [4.78, 5) is 12.3. The molecule has 0 radical (unpaired) electrons. The molecule has 0 heterocycles. The van der Waals surface area contributed by atoms with Crippen LogP contribution in [-0.4, -0.2) is 16.1 Å². The third-order valence-corrected chi connectivity index (χ3v) is 4.25. The molecule has 0 aromatic heterocycles. The lowest BCUT2D eigenvalue weighted by atomic mass is 9.86. The number of phenols is 1. The summed E-state index contributed by atoms with van der Waals surface area (Å²) in [6.07, 6.45) is 0. The number of halogens is 1. The molecule has 0 unspecified atom stereocenters. The number of carbonyl (C=O) groups excluding carboxylic acids is 1. The first kappa shape index (κ1) is 18.4. The van der Waals surface area contributed by atoms with Gasteiger partial charge in [0.1, 0.15) is 5.75 Å². The van der Waals surface area contributed by atoms with Crippen LogP contribution in [0.3, 0.4) is 0 Å². The molecule has 0 fully saturated rings. The zero-order chi connectivity index (χ0) is 17.9. The summed E-state index contributed by atoms with van der Waals surface area (Å²) in [7, 11) is 0. The van der Waals surface area contributed by atoms with Gasteiger partial charge in [0, 0.05) is 15.7 Å². The van der Waals surface area contributed by atoms with Crippen LogP contribution in [0.2, 0.25) is 0 Å². The van der Waals surface area contributed by atoms with Gasteiger partial charge < -0.3 is 10.4 Å². The number of aromatic hydroxyl groups is 1. The molecule has 0 bridgehead atoms. The van der Waals surface area contributed by atoms with Crippen molar-refractivity contribution in [1.82, 2.24) is 5.32 Å². The fraction of sp³-hybridized carbons (Fsp3) is 0.222. The zero-order valence-electron chi connectivity index (χ0n) is 13.7. The first-order valence-electron chi connectivity index (χ1n) is 7.38. The summed E-state index contributed by atoms with van der Waals surface area (Å²) < 4.78 is 0.889. The van der Waals surface area contributed by atoms with Gasteiger partial charge in [-0.05, 0) is 59.6 Å². The van der Waals surface area contributed by atoms with Gasteiger partial charge in [-0.3, -0.25) is 10.1 Å². The Morgan fingerprint density at radius 3 is 2.29 bits per heavy atom. The number of rotatable bonds is 2. The van der Waals surface area contributed by atoms with Gasteiger partial charge >= 0.3 is 0 Å². The Morgan fingerprint density at radius 1 is 1.12 bits per heavy atom. The number of amides is 1. The van der Waals surface area contributed by atoms with E-state index in [9.17, 15) is 9.90 Å². The molecule has 0 saturated carbocycles. The fourth-order valence-electron chi connectivity index (χ4n) is 2.15. The molecule has 0 aliphatic heterocycles. The Labute approximate surface area is 155 Å². The lowest BCUT2D eigenvalue weighted by Crippen LogP contribution is -2.34. The molecule has 6 heteroatoms. The standard InChI is InChI=1S/C18H19BrN2O2S/c1-18(2,3)14-9-4-11(10-15(14)19)16(23)21-17(24)20-12-5-7-13(22)8-6-12/h4-10,22H,1-3H3,(H2,20,21,23,24).